The standard InChI is InChI=1S/C21H19ClN2O2/c1-14-7-9-15(10-8-14)18-19(23-11-2-3-12-23)21(26)24(20(18)25)17-6-4-5-16(22)13-17/h4-10,13H,2-3,11-12H2,1H3. The lowest BCUT2D eigenvalue weighted by molar-refractivity contribution is -0.120. The summed E-state index contributed by atoms with van der Waals surface area (Å²) in [4.78, 5) is 29.8. The lowest BCUT2D eigenvalue weighted by Crippen LogP contribution is -2.34. The van der Waals surface area contributed by atoms with Gasteiger partial charge in [0.1, 0.15) is 5.70 Å². The van der Waals surface area contributed by atoms with Crippen molar-refractivity contribution in [2.24, 2.45) is 0 Å². The number of likely N-dealkylation sites (tertiary alicyclic amines) is 1. The number of aryl methyl sites for hydroxylation is 1. The summed E-state index contributed by atoms with van der Waals surface area (Å²) in [5, 5.41) is 0.495. The Labute approximate surface area is 157 Å². The van der Waals surface area contributed by atoms with Crippen LogP contribution in [-0.2, 0) is 9.59 Å². The molecule has 5 heteroatoms. The van der Waals surface area contributed by atoms with Crippen molar-refractivity contribution in [3.05, 3.63) is 70.4 Å². The van der Waals surface area contributed by atoms with Crippen LogP contribution in [0.4, 0.5) is 5.69 Å². The zero-order valence-corrected chi connectivity index (χ0v) is 15.3. The van der Waals surface area contributed by atoms with Crippen molar-refractivity contribution in [3.8, 4) is 0 Å². The van der Waals surface area contributed by atoms with Gasteiger partial charge in [-0.3, -0.25) is 9.59 Å². The molecule has 0 aromatic heterocycles. The van der Waals surface area contributed by atoms with Crippen LogP contribution in [0.5, 0.6) is 0 Å². The SMILES string of the molecule is Cc1ccc(C2=C(N3CCCC3)C(=O)N(c3cccc(Cl)c3)C2=O)cc1. The molecule has 0 unspecified atom stereocenters. The largest absolute Gasteiger partial charge is 0.366 e. The molecule has 0 radical (unpaired) electrons. The zero-order chi connectivity index (χ0) is 18.3. The number of imide groups is 1. The highest BCUT2D eigenvalue weighted by molar-refractivity contribution is 6.45. The van der Waals surface area contributed by atoms with E-state index in [0.717, 1.165) is 37.1 Å². The number of halogens is 1. The van der Waals surface area contributed by atoms with Crippen molar-refractivity contribution in [1.82, 2.24) is 4.90 Å². The number of carbonyl (C=O) groups excluding carboxylic acids is 2. The van der Waals surface area contributed by atoms with Crippen LogP contribution in [0, 0.1) is 6.92 Å². The van der Waals surface area contributed by atoms with Gasteiger partial charge in [-0.2, -0.15) is 0 Å². The van der Waals surface area contributed by atoms with Gasteiger partial charge in [0.05, 0.1) is 11.3 Å². The van der Waals surface area contributed by atoms with E-state index in [-0.39, 0.29) is 11.8 Å². The topological polar surface area (TPSA) is 40.6 Å². The highest BCUT2D eigenvalue weighted by Gasteiger charge is 2.42. The second kappa shape index (κ2) is 6.61. The van der Waals surface area contributed by atoms with Gasteiger partial charge in [-0.1, -0.05) is 47.5 Å². The predicted molar refractivity (Wildman–Crippen MR) is 103 cm³/mol. The monoisotopic (exact) mass is 366 g/mol. The highest BCUT2D eigenvalue weighted by Crippen LogP contribution is 2.36. The van der Waals surface area contributed by atoms with Crippen LogP contribution in [0.25, 0.3) is 5.57 Å². The maximum absolute atomic E-state index is 13.3. The molecule has 0 aliphatic carbocycles. The third kappa shape index (κ3) is 2.80. The minimum Gasteiger partial charge on any atom is -0.366 e. The molecular formula is C21H19ClN2O2. The Morgan fingerprint density at radius 2 is 1.62 bits per heavy atom. The summed E-state index contributed by atoms with van der Waals surface area (Å²) in [7, 11) is 0. The summed E-state index contributed by atoms with van der Waals surface area (Å²) in [5.74, 6) is -0.558. The predicted octanol–water partition coefficient (Wildman–Crippen LogP) is 4.03. The summed E-state index contributed by atoms with van der Waals surface area (Å²) in [6.45, 7) is 3.60. The molecule has 1 saturated heterocycles. The molecule has 0 atom stereocenters. The van der Waals surface area contributed by atoms with E-state index in [0.29, 0.717) is 22.0 Å². The molecule has 0 saturated carbocycles. The average molecular weight is 367 g/mol. The Kier molecular flexibility index (Phi) is 4.29. The summed E-state index contributed by atoms with van der Waals surface area (Å²) < 4.78 is 0. The van der Waals surface area contributed by atoms with E-state index in [1.54, 1.807) is 24.3 Å². The molecule has 0 bridgehead atoms. The van der Waals surface area contributed by atoms with E-state index in [4.69, 9.17) is 11.6 Å². The van der Waals surface area contributed by atoms with E-state index < -0.39 is 0 Å². The van der Waals surface area contributed by atoms with Gasteiger partial charge in [-0.25, -0.2) is 4.90 Å². The quantitative estimate of drug-likeness (QED) is 0.770. The van der Waals surface area contributed by atoms with Crippen molar-refractivity contribution < 1.29 is 9.59 Å². The third-order valence-electron chi connectivity index (χ3n) is 4.89. The van der Waals surface area contributed by atoms with Crippen molar-refractivity contribution >= 4 is 34.7 Å². The van der Waals surface area contributed by atoms with Gasteiger partial charge in [0.15, 0.2) is 0 Å². The van der Waals surface area contributed by atoms with E-state index in [1.807, 2.05) is 36.1 Å². The van der Waals surface area contributed by atoms with E-state index in [2.05, 4.69) is 0 Å². The lowest BCUT2D eigenvalue weighted by Gasteiger charge is -2.20. The van der Waals surface area contributed by atoms with E-state index in [1.165, 1.54) is 4.90 Å². The minimum absolute atomic E-state index is 0.269. The van der Waals surface area contributed by atoms with Gasteiger partial charge in [0, 0.05) is 18.1 Å². The van der Waals surface area contributed by atoms with Crippen molar-refractivity contribution in [3.63, 3.8) is 0 Å². The number of carbonyl (C=O) groups is 2. The molecule has 2 aromatic carbocycles. The summed E-state index contributed by atoms with van der Waals surface area (Å²) in [6.07, 6.45) is 2.06. The van der Waals surface area contributed by atoms with Crippen LogP contribution in [-0.4, -0.2) is 29.8 Å². The molecule has 4 rings (SSSR count). The van der Waals surface area contributed by atoms with Gasteiger partial charge in [0.25, 0.3) is 11.8 Å². The number of nitrogens with zero attached hydrogens (tertiary/aromatic N) is 2. The number of amides is 2. The van der Waals surface area contributed by atoms with Crippen LogP contribution in [0.1, 0.15) is 24.0 Å². The molecule has 1 fully saturated rings. The number of rotatable bonds is 3. The minimum atomic E-state index is -0.289. The normalized spacial score (nSPS) is 17.6. The fraction of sp³-hybridized carbons (Fsp3) is 0.238. The first kappa shape index (κ1) is 16.9. The number of hydrogen-bond donors (Lipinski definition) is 0. The van der Waals surface area contributed by atoms with Gasteiger partial charge in [-0.05, 0) is 43.5 Å². The van der Waals surface area contributed by atoms with Gasteiger partial charge >= 0.3 is 0 Å². The highest BCUT2D eigenvalue weighted by atomic mass is 35.5. The smallest absolute Gasteiger partial charge is 0.282 e. The van der Waals surface area contributed by atoms with Crippen LogP contribution in [0.3, 0.4) is 0 Å². The Hall–Kier alpha value is -2.59. The maximum atomic E-state index is 13.3. The third-order valence-corrected chi connectivity index (χ3v) is 5.12. The first-order chi connectivity index (χ1) is 12.6. The van der Waals surface area contributed by atoms with Crippen LogP contribution >= 0.6 is 11.6 Å². The summed E-state index contributed by atoms with van der Waals surface area (Å²) in [6, 6.07) is 14.6. The van der Waals surface area contributed by atoms with Gasteiger partial charge in [-0.15, -0.1) is 0 Å². The van der Waals surface area contributed by atoms with E-state index in [9.17, 15) is 9.59 Å². The van der Waals surface area contributed by atoms with Crippen molar-refractivity contribution in [2.45, 2.75) is 19.8 Å². The Morgan fingerprint density at radius 1 is 0.923 bits per heavy atom. The number of anilines is 1. The molecular weight excluding hydrogens is 348 g/mol. The first-order valence-electron chi connectivity index (χ1n) is 8.77. The molecule has 0 spiro atoms. The maximum Gasteiger partial charge on any atom is 0.282 e. The lowest BCUT2D eigenvalue weighted by atomic mass is 10.0. The molecule has 2 aliphatic rings. The average Bonchev–Trinajstić information content (AvgIpc) is 3.22. The molecule has 2 aliphatic heterocycles. The second-order valence-corrected chi connectivity index (χ2v) is 7.15. The zero-order valence-electron chi connectivity index (χ0n) is 14.5. The van der Waals surface area contributed by atoms with Gasteiger partial charge in [0.2, 0.25) is 0 Å². The van der Waals surface area contributed by atoms with Crippen molar-refractivity contribution in [1.29, 1.82) is 0 Å². The Bertz CT molecular complexity index is 912. The summed E-state index contributed by atoms with van der Waals surface area (Å²) >= 11 is 6.08. The van der Waals surface area contributed by atoms with Crippen molar-refractivity contribution in [2.75, 3.05) is 18.0 Å². The van der Waals surface area contributed by atoms with Crippen LogP contribution in [0.2, 0.25) is 5.02 Å². The summed E-state index contributed by atoms with van der Waals surface area (Å²) in [5.41, 5.74) is 3.39. The van der Waals surface area contributed by atoms with Gasteiger partial charge < -0.3 is 4.90 Å². The first-order valence-corrected chi connectivity index (χ1v) is 9.14. The fourth-order valence-corrected chi connectivity index (χ4v) is 3.77. The Morgan fingerprint density at radius 3 is 2.27 bits per heavy atom. The molecule has 2 aromatic rings. The fourth-order valence-electron chi connectivity index (χ4n) is 3.58. The number of hydrogen-bond acceptors (Lipinski definition) is 3. The Balaban J connectivity index is 1.84. The van der Waals surface area contributed by atoms with E-state index >= 15 is 0 Å². The molecule has 132 valence electrons. The molecule has 4 nitrogen and oxygen atoms in total. The second-order valence-electron chi connectivity index (χ2n) is 6.71. The van der Waals surface area contributed by atoms with Crippen LogP contribution in [0.15, 0.2) is 54.2 Å². The molecule has 26 heavy (non-hydrogen) atoms. The molecule has 0 N–H and O–H groups in total. The molecule has 2 amide bonds. The number of benzene rings is 2. The molecule has 2 heterocycles. The van der Waals surface area contributed by atoms with Crippen LogP contribution < -0.4 is 4.90 Å².